The first-order valence-corrected chi connectivity index (χ1v) is 15.2. The minimum Gasteiger partial charge on any atom is -0.324 e. The SMILES string of the molecule is O=P(O)(O)CN(CCCCCCN(CP(=O)(O)O)CP(=O)(O)O)CP(=O)(O)O.[K].[K].[K].[K].[K]. The summed E-state index contributed by atoms with van der Waals surface area (Å²) in [6.07, 6.45) is -1.55. The van der Waals surface area contributed by atoms with Crippen molar-refractivity contribution in [3.63, 3.8) is 0 Å². The Morgan fingerprint density at radius 2 is 0.576 bits per heavy atom. The van der Waals surface area contributed by atoms with Gasteiger partial charge in [-0.05, 0) is 25.9 Å². The van der Waals surface area contributed by atoms with Crippen molar-refractivity contribution in [1.82, 2.24) is 9.80 Å². The largest absolute Gasteiger partial charge is 0.339 e. The summed E-state index contributed by atoms with van der Waals surface area (Å²) < 4.78 is 44.1. The molecule has 0 aromatic carbocycles. The molecule has 23 heteroatoms. The van der Waals surface area contributed by atoms with E-state index in [0.717, 1.165) is 9.80 Å². The van der Waals surface area contributed by atoms with Crippen LogP contribution in [0.25, 0.3) is 0 Å². The van der Waals surface area contributed by atoms with Gasteiger partial charge < -0.3 is 39.1 Å². The van der Waals surface area contributed by atoms with Crippen LogP contribution in [0.4, 0.5) is 0 Å². The third-order valence-electron chi connectivity index (χ3n) is 3.24. The predicted octanol–water partition coefficient (Wildman–Crippen LogP) is -2.21. The monoisotopic (exact) mass is 687 g/mol. The number of nitrogens with zero attached hydrogens (tertiary/aromatic N) is 2. The van der Waals surface area contributed by atoms with Crippen LogP contribution in [0.3, 0.4) is 0 Å². The number of hydrogen-bond donors (Lipinski definition) is 8. The van der Waals surface area contributed by atoms with E-state index in [0.29, 0.717) is 25.7 Å². The van der Waals surface area contributed by atoms with E-state index in [1.165, 1.54) is 0 Å². The van der Waals surface area contributed by atoms with Crippen LogP contribution in [-0.4, -0.2) is 344 Å². The maximum absolute atomic E-state index is 11.0. The summed E-state index contributed by atoms with van der Waals surface area (Å²) in [4.78, 5) is 73.6. The Labute approximate surface area is 406 Å². The van der Waals surface area contributed by atoms with Gasteiger partial charge in [0.25, 0.3) is 0 Å². The van der Waals surface area contributed by atoms with E-state index >= 15 is 0 Å². The van der Waals surface area contributed by atoms with E-state index in [4.69, 9.17) is 39.1 Å². The van der Waals surface area contributed by atoms with Gasteiger partial charge in [-0.2, -0.15) is 0 Å². The molecule has 14 nitrogen and oxygen atoms in total. The normalized spacial score (nSPS) is 12.1. The second kappa shape index (κ2) is 27.0. The van der Waals surface area contributed by atoms with Crippen LogP contribution in [0.5, 0.6) is 0 Å². The van der Waals surface area contributed by atoms with Crippen molar-refractivity contribution in [1.29, 1.82) is 0 Å². The Bertz CT molecular complexity index is 567. The zero-order valence-electron chi connectivity index (χ0n) is 20.0. The first-order valence-electron chi connectivity index (χ1n) is 7.99. The van der Waals surface area contributed by atoms with Gasteiger partial charge in [-0.15, -0.1) is 0 Å². The average Bonchev–Trinajstić information content (AvgIpc) is 2.34. The van der Waals surface area contributed by atoms with Gasteiger partial charge in [-0.1, -0.05) is 12.8 Å². The molecule has 5 radical (unpaired) electrons. The fourth-order valence-electron chi connectivity index (χ4n) is 2.44. The molecule has 8 N–H and O–H groups in total. The van der Waals surface area contributed by atoms with Gasteiger partial charge in [0.05, 0.1) is 0 Å². The summed E-state index contributed by atoms with van der Waals surface area (Å²) in [5.74, 6) is 0. The van der Waals surface area contributed by atoms with Crippen LogP contribution in [0.2, 0.25) is 0 Å². The first-order chi connectivity index (χ1) is 12.4. The minimum atomic E-state index is -4.49. The van der Waals surface area contributed by atoms with Crippen molar-refractivity contribution in [2.75, 3.05) is 38.2 Å². The quantitative estimate of drug-likeness (QED) is 0.0518. The van der Waals surface area contributed by atoms with Crippen LogP contribution in [0.1, 0.15) is 25.7 Å². The van der Waals surface area contributed by atoms with Crippen LogP contribution < -0.4 is 0 Å². The van der Waals surface area contributed by atoms with Crippen LogP contribution >= 0.6 is 30.4 Å². The van der Waals surface area contributed by atoms with Crippen molar-refractivity contribution in [3.8, 4) is 0 Å². The molecule has 175 valence electrons. The molecule has 0 saturated heterocycles. The Morgan fingerprint density at radius 1 is 0.394 bits per heavy atom. The summed E-state index contributed by atoms with van der Waals surface area (Å²) in [5.41, 5.74) is 0. The van der Waals surface area contributed by atoms with E-state index < -0.39 is 55.5 Å². The van der Waals surface area contributed by atoms with Crippen molar-refractivity contribution < 1.29 is 57.4 Å². The average molecular weight is 688 g/mol. The molecular weight excluding hydrogens is 659 g/mol. The molecule has 0 aromatic rings. The van der Waals surface area contributed by atoms with E-state index in [2.05, 4.69) is 0 Å². The molecule has 0 aliphatic carbocycles. The van der Waals surface area contributed by atoms with Gasteiger partial charge in [0.15, 0.2) is 0 Å². The van der Waals surface area contributed by atoms with Crippen molar-refractivity contribution in [2.24, 2.45) is 0 Å². The maximum Gasteiger partial charge on any atom is 0.339 e. The van der Waals surface area contributed by atoms with Crippen LogP contribution in [0, 0.1) is 0 Å². The van der Waals surface area contributed by atoms with Gasteiger partial charge in [0, 0.05) is 257 Å². The standard InChI is InChI=1S/C10H28N2O12P4.5K/c13-25(14,15)7-11(8-26(16,17)18)5-3-1-2-4-6-12(9-27(19,20)21)10-28(22,23)24;;;;;/h1-10H2,(H2,13,14,15)(H2,16,17,18)(H2,19,20,21)(H2,22,23,24);;;;;. The molecule has 0 saturated carbocycles. The van der Waals surface area contributed by atoms with Crippen molar-refractivity contribution in [3.05, 3.63) is 0 Å². The topological polar surface area (TPSA) is 237 Å². The Kier molecular flexibility index (Phi) is 44.4. The fourth-order valence-corrected chi connectivity index (χ4v) is 5.80. The van der Waals surface area contributed by atoms with Gasteiger partial charge in [0.1, 0.15) is 25.1 Å². The molecule has 0 amide bonds. The molecule has 0 fully saturated rings. The number of unbranched alkanes of at least 4 members (excludes halogenated alkanes) is 3. The van der Waals surface area contributed by atoms with Gasteiger partial charge in [0.2, 0.25) is 0 Å². The maximum atomic E-state index is 11.0. The number of rotatable bonds is 15. The van der Waals surface area contributed by atoms with E-state index in [1.807, 2.05) is 0 Å². The van der Waals surface area contributed by atoms with Crippen molar-refractivity contribution >= 4 is 287 Å². The zero-order chi connectivity index (χ0) is 22.2. The molecule has 0 spiro atoms. The molecular formula is C10H28K5N2O12P4. The van der Waals surface area contributed by atoms with Gasteiger partial charge >= 0.3 is 30.4 Å². The van der Waals surface area contributed by atoms with E-state index in [-0.39, 0.29) is 270 Å². The molecule has 0 aliphatic heterocycles. The zero-order valence-corrected chi connectivity index (χ0v) is 39.2. The molecule has 0 heterocycles. The van der Waals surface area contributed by atoms with Crippen LogP contribution in [0.15, 0.2) is 0 Å². The molecule has 0 aliphatic rings. The number of hydrogen-bond acceptors (Lipinski definition) is 6. The Morgan fingerprint density at radius 3 is 0.727 bits per heavy atom. The molecule has 0 rings (SSSR count). The van der Waals surface area contributed by atoms with Gasteiger partial charge in [-0.3, -0.25) is 28.1 Å². The summed E-state index contributed by atoms with van der Waals surface area (Å²) in [6, 6.07) is 0. The summed E-state index contributed by atoms with van der Waals surface area (Å²) in [7, 11) is -18.0. The summed E-state index contributed by atoms with van der Waals surface area (Å²) in [5, 5.41) is 0. The van der Waals surface area contributed by atoms with Crippen molar-refractivity contribution in [2.45, 2.75) is 25.7 Å². The third-order valence-corrected chi connectivity index (χ3v) is 6.31. The van der Waals surface area contributed by atoms with E-state index in [1.54, 1.807) is 0 Å². The molecule has 33 heavy (non-hydrogen) atoms. The predicted molar refractivity (Wildman–Crippen MR) is 128 cm³/mol. The van der Waals surface area contributed by atoms with Crippen LogP contribution in [-0.2, 0) is 18.3 Å². The molecule has 0 aromatic heterocycles. The second-order valence-corrected chi connectivity index (χ2v) is 12.9. The third kappa shape index (κ3) is 42.9. The molecule has 0 atom stereocenters. The molecule has 0 unspecified atom stereocenters. The molecule has 0 bridgehead atoms. The van der Waals surface area contributed by atoms with Gasteiger partial charge in [-0.25, -0.2) is 0 Å². The first kappa shape index (κ1) is 54.2. The van der Waals surface area contributed by atoms with E-state index in [9.17, 15) is 18.3 Å². The fraction of sp³-hybridized carbons (Fsp3) is 1.00. The second-order valence-electron chi connectivity index (χ2n) is 6.43. The summed E-state index contributed by atoms with van der Waals surface area (Å²) in [6.45, 7) is 0.0375. The Balaban J connectivity index is -0.000000364. The smallest absolute Gasteiger partial charge is 0.324 e. The minimum absolute atomic E-state index is 0. The summed E-state index contributed by atoms with van der Waals surface area (Å²) >= 11 is 0. The Hall–Kier alpha value is 8.70.